The number of carboxylic acids is 1. The zero-order chi connectivity index (χ0) is 22.2. The number of ether oxygens (including phenoxy) is 1. The van der Waals surface area contributed by atoms with Gasteiger partial charge in [0.25, 0.3) is 0 Å². The maximum absolute atomic E-state index is 12.4. The number of anilines is 1. The van der Waals surface area contributed by atoms with Crippen molar-refractivity contribution in [2.24, 2.45) is 0 Å². The molecule has 2 N–H and O–H groups in total. The summed E-state index contributed by atoms with van der Waals surface area (Å²) >= 11 is 6.15. The zero-order valence-corrected chi connectivity index (χ0v) is 17.8. The lowest BCUT2D eigenvalue weighted by Gasteiger charge is -2.15. The molecule has 1 atom stereocenters. The van der Waals surface area contributed by atoms with Gasteiger partial charge in [0.15, 0.2) is 5.76 Å². The van der Waals surface area contributed by atoms with Crippen molar-refractivity contribution < 1.29 is 24.0 Å². The largest absolute Gasteiger partial charge is 0.481 e. The van der Waals surface area contributed by atoms with E-state index in [4.69, 9.17) is 26.0 Å². The van der Waals surface area contributed by atoms with Gasteiger partial charge in [0.1, 0.15) is 11.8 Å². The van der Waals surface area contributed by atoms with Gasteiger partial charge in [-0.05, 0) is 37.8 Å². The number of nitrogens with zero attached hydrogens (tertiary/aromatic N) is 1. The van der Waals surface area contributed by atoms with Gasteiger partial charge >= 0.3 is 12.1 Å². The number of aliphatic carboxylic acids is 1. The normalized spacial score (nSPS) is 11.7. The van der Waals surface area contributed by atoms with Gasteiger partial charge < -0.3 is 14.4 Å². The number of hydrogen-bond donors (Lipinski definition) is 2. The minimum atomic E-state index is -0.777. The Morgan fingerprint density at radius 3 is 2.61 bits per heavy atom. The van der Waals surface area contributed by atoms with Crippen molar-refractivity contribution in [3.8, 4) is 11.3 Å². The summed E-state index contributed by atoms with van der Waals surface area (Å²) in [6.45, 7) is 1.74. The van der Waals surface area contributed by atoms with Crippen LogP contribution in [0.25, 0.3) is 11.3 Å². The SMILES string of the molecule is CC(OC(=O)Nc1cnoc1-c1ccc(CCCCC(=O)O)cc1)c1ccccc1Cl. The fraction of sp³-hybridized carbons (Fsp3) is 0.261. The Morgan fingerprint density at radius 1 is 1.16 bits per heavy atom. The van der Waals surface area contributed by atoms with Crippen LogP contribution in [0.15, 0.2) is 59.3 Å². The third-order valence-electron chi connectivity index (χ3n) is 4.76. The second kappa shape index (κ2) is 10.6. The van der Waals surface area contributed by atoms with Crippen molar-refractivity contribution in [1.29, 1.82) is 0 Å². The van der Waals surface area contributed by atoms with Crippen molar-refractivity contribution in [2.75, 3.05) is 5.32 Å². The molecule has 1 heterocycles. The molecule has 1 amide bonds. The van der Waals surface area contributed by atoms with Gasteiger partial charge in [0, 0.05) is 22.6 Å². The molecule has 2 aromatic carbocycles. The minimum Gasteiger partial charge on any atom is -0.481 e. The lowest BCUT2D eigenvalue weighted by molar-refractivity contribution is -0.137. The van der Waals surface area contributed by atoms with Gasteiger partial charge in [0.2, 0.25) is 0 Å². The summed E-state index contributed by atoms with van der Waals surface area (Å²) in [6, 6.07) is 14.8. The molecule has 0 aliphatic heterocycles. The number of hydrogen-bond acceptors (Lipinski definition) is 5. The first kappa shape index (κ1) is 22.4. The molecule has 0 aliphatic carbocycles. The first-order valence-electron chi connectivity index (χ1n) is 9.92. The topological polar surface area (TPSA) is 102 Å². The molecule has 0 spiro atoms. The zero-order valence-electron chi connectivity index (χ0n) is 17.0. The molecule has 1 unspecified atom stereocenters. The number of carboxylic acid groups (broad SMARTS) is 1. The van der Waals surface area contributed by atoms with Crippen molar-refractivity contribution >= 4 is 29.4 Å². The number of carbonyl (C=O) groups excluding carboxylic acids is 1. The van der Waals surface area contributed by atoms with Crippen molar-refractivity contribution in [3.05, 3.63) is 70.9 Å². The molecule has 0 aliphatic rings. The summed E-state index contributed by atoms with van der Waals surface area (Å²) < 4.78 is 10.7. The van der Waals surface area contributed by atoms with Crippen LogP contribution in [0.2, 0.25) is 5.02 Å². The number of carbonyl (C=O) groups is 2. The molecule has 31 heavy (non-hydrogen) atoms. The van der Waals surface area contributed by atoms with Crippen LogP contribution in [0, 0.1) is 0 Å². The summed E-state index contributed by atoms with van der Waals surface area (Å²) in [5, 5.41) is 15.7. The average Bonchev–Trinajstić information content (AvgIpc) is 3.19. The Morgan fingerprint density at radius 2 is 1.90 bits per heavy atom. The summed E-state index contributed by atoms with van der Waals surface area (Å²) in [5.41, 5.74) is 2.95. The van der Waals surface area contributed by atoms with Gasteiger partial charge in [-0.2, -0.15) is 0 Å². The Bertz CT molecular complexity index is 1030. The second-order valence-electron chi connectivity index (χ2n) is 7.06. The fourth-order valence-corrected chi connectivity index (χ4v) is 3.42. The van der Waals surface area contributed by atoms with E-state index in [1.807, 2.05) is 36.4 Å². The predicted octanol–water partition coefficient (Wildman–Crippen LogP) is 6.10. The molecule has 8 heteroatoms. The first-order chi connectivity index (χ1) is 14.9. The molecule has 3 rings (SSSR count). The smallest absolute Gasteiger partial charge is 0.412 e. The molecular formula is C23H23ClN2O5. The van der Waals surface area contributed by atoms with Crippen LogP contribution in [-0.4, -0.2) is 22.3 Å². The van der Waals surface area contributed by atoms with Gasteiger partial charge in [0.05, 0.1) is 6.20 Å². The number of amides is 1. The van der Waals surface area contributed by atoms with E-state index in [9.17, 15) is 9.59 Å². The number of nitrogens with one attached hydrogen (secondary N) is 1. The quantitative estimate of drug-likeness (QED) is 0.388. The maximum atomic E-state index is 12.4. The maximum Gasteiger partial charge on any atom is 0.412 e. The highest BCUT2D eigenvalue weighted by molar-refractivity contribution is 6.31. The predicted molar refractivity (Wildman–Crippen MR) is 117 cm³/mol. The number of benzene rings is 2. The average molecular weight is 443 g/mol. The van der Waals surface area contributed by atoms with E-state index >= 15 is 0 Å². The molecule has 0 fully saturated rings. The van der Waals surface area contributed by atoms with E-state index < -0.39 is 18.2 Å². The Labute approximate surface area is 185 Å². The van der Waals surface area contributed by atoms with Crippen LogP contribution in [0.4, 0.5) is 10.5 Å². The third-order valence-corrected chi connectivity index (χ3v) is 5.10. The van der Waals surface area contributed by atoms with Gasteiger partial charge in [-0.1, -0.05) is 59.2 Å². The van der Waals surface area contributed by atoms with Gasteiger partial charge in [-0.3, -0.25) is 10.1 Å². The summed E-state index contributed by atoms with van der Waals surface area (Å²) in [6.07, 6.45) is 2.65. The Hall–Kier alpha value is -3.32. The second-order valence-corrected chi connectivity index (χ2v) is 7.47. The molecule has 0 saturated carbocycles. The summed E-state index contributed by atoms with van der Waals surface area (Å²) in [7, 11) is 0. The van der Waals surface area contributed by atoms with E-state index in [2.05, 4.69) is 10.5 Å². The van der Waals surface area contributed by atoms with Crippen LogP contribution in [0.1, 0.15) is 43.4 Å². The van der Waals surface area contributed by atoms with Crippen LogP contribution in [0.3, 0.4) is 0 Å². The van der Waals surface area contributed by atoms with Crippen molar-refractivity contribution in [1.82, 2.24) is 5.16 Å². The van der Waals surface area contributed by atoms with Crippen molar-refractivity contribution in [2.45, 2.75) is 38.7 Å². The summed E-state index contributed by atoms with van der Waals surface area (Å²) in [5.74, 6) is -0.361. The number of aryl methyl sites for hydroxylation is 1. The van der Waals surface area contributed by atoms with E-state index in [-0.39, 0.29) is 6.42 Å². The number of aromatic nitrogens is 1. The monoisotopic (exact) mass is 442 g/mol. The van der Waals surface area contributed by atoms with E-state index in [0.717, 1.165) is 24.0 Å². The van der Waals surface area contributed by atoms with E-state index in [1.165, 1.54) is 6.20 Å². The standard InChI is InChI=1S/C23H23ClN2O5/c1-15(18-7-3-4-8-19(18)24)30-23(29)26-20-14-25-31-22(20)17-12-10-16(11-13-17)6-2-5-9-21(27)28/h3-4,7-8,10-15H,2,5-6,9H2,1H3,(H,26,29)(H,27,28). The molecule has 0 radical (unpaired) electrons. The highest BCUT2D eigenvalue weighted by Gasteiger charge is 2.18. The van der Waals surface area contributed by atoms with E-state index in [1.54, 1.807) is 19.1 Å². The molecule has 7 nitrogen and oxygen atoms in total. The van der Waals surface area contributed by atoms with Crippen LogP contribution in [0.5, 0.6) is 0 Å². The molecule has 3 aromatic rings. The molecule has 0 saturated heterocycles. The lowest BCUT2D eigenvalue weighted by atomic mass is 10.0. The van der Waals surface area contributed by atoms with Crippen LogP contribution in [-0.2, 0) is 16.0 Å². The van der Waals surface area contributed by atoms with Crippen LogP contribution >= 0.6 is 11.6 Å². The highest BCUT2D eigenvalue weighted by atomic mass is 35.5. The molecular weight excluding hydrogens is 420 g/mol. The Balaban J connectivity index is 1.59. The summed E-state index contributed by atoms with van der Waals surface area (Å²) in [4.78, 5) is 22.9. The molecule has 0 bridgehead atoms. The minimum absolute atomic E-state index is 0.177. The number of halogens is 1. The first-order valence-corrected chi connectivity index (χ1v) is 10.3. The van der Waals surface area contributed by atoms with Crippen molar-refractivity contribution in [3.63, 3.8) is 0 Å². The molecule has 1 aromatic heterocycles. The van der Waals surface area contributed by atoms with Gasteiger partial charge in [-0.25, -0.2) is 4.79 Å². The van der Waals surface area contributed by atoms with Crippen LogP contribution < -0.4 is 5.32 Å². The number of rotatable bonds is 9. The highest BCUT2D eigenvalue weighted by Crippen LogP contribution is 2.30. The Kier molecular flexibility index (Phi) is 7.67. The lowest BCUT2D eigenvalue weighted by Crippen LogP contribution is -2.16. The van der Waals surface area contributed by atoms with E-state index in [0.29, 0.717) is 28.5 Å². The molecule has 162 valence electrons. The van der Waals surface area contributed by atoms with Gasteiger partial charge in [-0.15, -0.1) is 0 Å². The number of unbranched alkanes of at least 4 members (excludes halogenated alkanes) is 1. The fourth-order valence-electron chi connectivity index (χ4n) is 3.13. The third kappa shape index (κ3) is 6.33.